The van der Waals surface area contributed by atoms with E-state index in [-0.39, 0.29) is 25.3 Å². The Bertz CT molecular complexity index is 798. The van der Waals surface area contributed by atoms with E-state index in [1.165, 1.54) is 0 Å². The predicted octanol–water partition coefficient (Wildman–Crippen LogP) is 0.962. The molecule has 2 aromatic heterocycles. The molecule has 7 heteroatoms. The lowest BCUT2D eigenvalue weighted by Gasteiger charge is -2.11. The van der Waals surface area contributed by atoms with Gasteiger partial charge in [-0.05, 0) is 24.3 Å². The lowest BCUT2D eigenvalue weighted by atomic mass is 10.2. The van der Waals surface area contributed by atoms with Crippen molar-refractivity contribution in [3.63, 3.8) is 0 Å². The highest BCUT2D eigenvalue weighted by atomic mass is 16.5. The fraction of sp³-hybridized carbons (Fsp3) is 0.267. The first-order chi connectivity index (χ1) is 10.7. The number of fused-ring (bicyclic) bond motifs is 1. The molecule has 1 N–H and O–H groups in total. The molecule has 7 nitrogen and oxygen atoms in total. The van der Waals surface area contributed by atoms with Crippen LogP contribution in [0.1, 0.15) is 5.76 Å². The quantitative estimate of drug-likeness (QED) is 0.729. The fourth-order valence-electron chi connectivity index (χ4n) is 2.09. The van der Waals surface area contributed by atoms with E-state index < -0.39 is 6.10 Å². The molecule has 0 saturated heterocycles. The van der Waals surface area contributed by atoms with Crippen LogP contribution in [0.25, 0.3) is 10.9 Å². The van der Waals surface area contributed by atoms with Gasteiger partial charge < -0.3 is 14.3 Å². The molecule has 0 spiro atoms. The summed E-state index contributed by atoms with van der Waals surface area (Å²) in [5, 5.41) is 18.2. The van der Waals surface area contributed by atoms with Crippen molar-refractivity contribution in [2.75, 3.05) is 6.61 Å². The molecule has 1 atom stereocenters. The minimum Gasteiger partial charge on any atom is -0.467 e. The number of ether oxygens (including phenoxy) is 1. The molecule has 0 radical (unpaired) electrons. The van der Waals surface area contributed by atoms with Crippen LogP contribution in [-0.2, 0) is 17.9 Å². The first-order valence-corrected chi connectivity index (χ1v) is 6.85. The molecule has 0 aliphatic heterocycles. The van der Waals surface area contributed by atoms with E-state index in [2.05, 4.69) is 10.3 Å². The summed E-state index contributed by atoms with van der Waals surface area (Å²) in [7, 11) is 0. The van der Waals surface area contributed by atoms with Gasteiger partial charge in [-0.25, -0.2) is 4.68 Å². The summed E-state index contributed by atoms with van der Waals surface area (Å²) in [6.45, 7) is 0.360. The Morgan fingerprint density at radius 1 is 1.27 bits per heavy atom. The summed E-state index contributed by atoms with van der Waals surface area (Å²) < 4.78 is 11.6. The van der Waals surface area contributed by atoms with E-state index >= 15 is 0 Å². The zero-order valence-electron chi connectivity index (χ0n) is 11.8. The molecule has 22 heavy (non-hydrogen) atoms. The molecule has 0 aliphatic carbocycles. The summed E-state index contributed by atoms with van der Waals surface area (Å²) in [5.74, 6) is 0.676. The van der Waals surface area contributed by atoms with Crippen LogP contribution in [0.3, 0.4) is 0 Å². The summed E-state index contributed by atoms with van der Waals surface area (Å²) in [6.07, 6.45) is 0.697. The summed E-state index contributed by atoms with van der Waals surface area (Å²) >= 11 is 0. The van der Waals surface area contributed by atoms with Gasteiger partial charge in [-0.15, -0.1) is 5.10 Å². The first kappa shape index (κ1) is 14.4. The molecule has 0 aliphatic rings. The lowest BCUT2D eigenvalue weighted by molar-refractivity contribution is 0.0122. The fourth-order valence-corrected chi connectivity index (χ4v) is 2.09. The molecule has 0 saturated carbocycles. The van der Waals surface area contributed by atoms with Gasteiger partial charge in [0.2, 0.25) is 0 Å². The Hall–Kier alpha value is -2.51. The van der Waals surface area contributed by atoms with E-state index in [1.54, 1.807) is 42.7 Å². The van der Waals surface area contributed by atoms with Crippen LogP contribution in [0.4, 0.5) is 0 Å². The maximum absolute atomic E-state index is 12.2. The van der Waals surface area contributed by atoms with Crippen molar-refractivity contribution in [3.8, 4) is 0 Å². The number of aromatic nitrogens is 3. The maximum Gasteiger partial charge on any atom is 0.277 e. The Labute approximate surface area is 125 Å². The zero-order valence-corrected chi connectivity index (χ0v) is 11.8. The number of hydrogen-bond acceptors (Lipinski definition) is 6. The van der Waals surface area contributed by atoms with Crippen molar-refractivity contribution in [1.29, 1.82) is 0 Å². The Kier molecular flexibility index (Phi) is 4.27. The van der Waals surface area contributed by atoms with Gasteiger partial charge in [-0.2, -0.15) is 0 Å². The maximum atomic E-state index is 12.2. The lowest BCUT2D eigenvalue weighted by Crippen LogP contribution is -2.31. The van der Waals surface area contributed by atoms with E-state index in [9.17, 15) is 9.90 Å². The Balaban J connectivity index is 1.62. The highest BCUT2D eigenvalue weighted by Gasteiger charge is 2.11. The summed E-state index contributed by atoms with van der Waals surface area (Å²) in [4.78, 5) is 12.2. The van der Waals surface area contributed by atoms with Crippen molar-refractivity contribution in [3.05, 3.63) is 58.8 Å². The smallest absolute Gasteiger partial charge is 0.277 e. The summed E-state index contributed by atoms with van der Waals surface area (Å²) in [5.41, 5.74) is 0.253. The average Bonchev–Trinajstić information content (AvgIpc) is 3.04. The van der Waals surface area contributed by atoms with Gasteiger partial charge in [0.05, 0.1) is 30.9 Å². The molecular formula is C15H15N3O4. The number of benzene rings is 1. The van der Waals surface area contributed by atoms with Crippen LogP contribution in [0.15, 0.2) is 51.9 Å². The molecule has 114 valence electrons. The molecule has 3 rings (SSSR count). The average molecular weight is 301 g/mol. The van der Waals surface area contributed by atoms with Crippen molar-refractivity contribution >= 4 is 10.9 Å². The number of rotatable bonds is 6. The van der Waals surface area contributed by atoms with E-state index in [0.717, 1.165) is 4.68 Å². The van der Waals surface area contributed by atoms with Crippen molar-refractivity contribution < 1.29 is 14.3 Å². The molecule has 1 aromatic carbocycles. The van der Waals surface area contributed by atoms with Crippen LogP contribution in [0.2, 0.25) is 0 Å². The van der Waals surface area contributed by atoms with Gasteiger partial charge >= 0.3 is 0 Å². The van der Waals surface area contributed by atoms with E-state index in [0.29, 0.717) is 16.7 Å². The molecule has 3 aromatic rings. The van der Waals surface area contributed by atoms with Gasteiger partial charge in [0.1, 0.15) is 17.9 Å². The third-order valence-electron chi connectivity index (χ3n) is 3.15. The standard InChI is InChI=1S/C15H15N3O4/c19-11(9-21-10-12-4-3-7-22-12)8-18-15(20)13-5-1-2-6-14(13)16-17-18/h1-7,11,19H,8-10H2/t11-/m1/s1. The van der Waals surface area contributed by atoms with Crippen LogP contribution in [0.5, 0.6) is 0 Å². The van der Waals surface area contributed by atoms with Crippen molar-refractivity contribution in [2.45, 2.75) is 19.3 Å². The molecule has 0 unspecified atom stereocenters. The third-order valence-corrected chi connectivity index (χ3v) is 3.15. The molecule has 0 bridgehead atoms. The molecule has 0 amide bonds. The van der Waals surface area contributed by atoms with E-state index in [1.807, 2.05) is 0 Å². The van der Waals surface area contributed by atoms with Gasteiger partial charge in [-0.3, -0.25) is 4.79 Å². The molecule has 0 fully saturated rings. The monoisotopic (exact) mass is 301 g/mol. The largest absolute Gasteiger partial charge is 0.467 e. The molecular weight excluding hydrogens is 286 g/mol. The first-order valence-electron chi connectivity index (χ1n) is 6.85. The number of hydrogen-bond donors (Lipinski definition) is 1. The van der Waals surface area contributed by atoms with Crippen LogP contribution < -0.4 is 5.56 Å². The second-order valence-corrected chi connectivity index (χ2v) is 4.84. The number of aliphatic hydroxyl groups excluding tert-OH is 1. The number of nitrogens with zero attached hydrogens (tertiary/aromatic N) is 3. The zero-order chi connectivity index (χ0) is 15.4. The van der Waals surface area contributed by atoms with Gasteiger partial charge in [0, 0.05) is 0 Å². The van der Waals surface area contributed by atoms with Gasteiger partial charge in [0.15, 0.2) is 0 Å². The Morgan fingerprint density at radius 3 is 2.95 bits per heavy atom. The second kappa shape index (κ2) is 6.50. The van der Waals surface area contributed by atoms with Gasteiger partial charge in [0.25, 0.3) is 5.56 Å². The summed E-state index contributed by atoms with van der Waals surface area (Å²) in [6, 6.07) is 10.5. The second-order valence-electron chi connectivity index (χ2n) is 4.84. The van der Waals surface area contributed by atoms with Crippen LogP contribution in [0, 0.1) is 0 Å². The minimum absolute atomic E-state index is 0.0226. The SMILES string of the molecule is O=c1c2ccccc2nnn1C[C@@H](O)COCc1ccco1. The van der Waals surface area contributed by atoms with Gasteiger partial charge in [-0.1, -0.05) is 17.3 Å². The third kappa shape index (κ3) is 3.21. The predicted molar refractivity (Wildman–Crippen MR) is 78.2 cm³/mol. The molecule has 2 heterocycles. The topological polar surface area (TPSA) is 90.4 Å². The number of furan rings is 1. The van der Waals surface area contributed by atoms with Crippen LogP contribution >= 0.6 is 0 Å². The number of aliphatic hydroxyl groups is 1. The normalized spacial score (nSPS) is 12.6. The van der Waals surface area contributed by atoms with Crippen molar-refractivity contribution in [1.82, 2.24) is 15.0 Å². The van der Waals surface area contributed by atoms with Crippen LogP contribution in [-0.4, -0.2) is 32.8 Å². The highest BCUT2D eigenvalue weighted by Crippen LogP contribution is 2.04. The highest BCUT2D eigenvalue weighted by molar-refractivity contribution is 5.76. The van der Waals surface area contributed by atoms with Crippen molar-refractivity contribution in [2.24, 2.45) is 0 Å². The Morgan fingerprint density at radius 2 is 2.14 bits per heavy atom. The van der Waals surface area contributed by atoms with E-state index in [4.69, 9.17) is 9.15 Å². The minimum atomic E-state index is -0.858.